The predicted octanol–water partition coefficient (Wildman–Crippen LogP) is 2.85. The summed E-state index contributed by atoms with van der Waals surface area (Å²) in [7, 11) is -3.03. The zero-order valence-electron chi connectivity index (χ0n) is 15.6. The molecule has 1 fully saturated rings. The highest BCUT2D eigenvalue weighted by atomic mass is 32.2. The lowest BCUT2D eigenvalue weighted by atomic mass is 10.2. The first-order chi connectivity index (χ1) is 13.5. The van der Waals surface area contributed by atoms with E-state index in [1.54, 1.807) is 16.2 Å². The van der Waals surface area contributed by atoms with Crippen molar-refractivity contribution in [2.75, 3.05) is 23.8 Å². The largest absolute Gasteiger partial charge is 0.338 e. The minimum atomic E-state index is -3.03. The molecule has 0 bridgehead atoms. The van der Waals surface area contributed by atoms with Gasteiger partial charge in [0.1, 0.15) is 0 Å². The third kappa shape index (κ3) is 3.90. The highest BCUT2D eigenvalue weighted by Gasteiger charge is 2.34. The molecule has 3 heterocycles. The summed E-state index contributed by atoms with van der Waals surface area (Å²) in [5.41, 5.74) is 1.03. The molecule has 2 aromatic heterocycles. The third-order valence-corrected chi connectivity index (χ3v) is 8.63. The molecule has 28 heavy (non-hydrogen) atoms. The van der Waals surface area contributed by atoms with Crippen LogP contribution < -0.4 is 0 Å². The number of para-hydroxylation sites is 1. The minimum Gasteiger partial charge on any atom is -0.338 e. The second kappa shape index (κ2) is 8.00. The number of carbonyl (C=O) groups excluding carboxylic acids is 1. The van der Waals surface area contributed by atoms with Crippen molar-refractivity contribution in [1.29, 1.82) is 0 Å². The van der Waals surface area contributed by atoms with Gasteiger partial charge in [-0.1, -0.05) is 48.6 Å². The maximum absolute atomic E-state index is 12.9. The molecule has 4 rings (SSSR count). The fraction of sp³-hybridized carbons (Fsp3) is 0.500. The van der Waals surface area contributed by atoms with Crippen LogP contribution in [0.1, 0.15) is 26.2 Å². The number of hydrogen-bond acceptors (Lipinski definition) is 7. The van der Waals surface area contributed by atoms with E-state index in [9.17, 15) is 13.2 Å². The molecule has 7 nitrogen and oxygen atoms in total. The van der Waals surface area contributed by atoms with Crippen LogP contribution in [0.2, 0.25) is 0 Å². The van der Waals surface area contributed by atoms with Crippen molar-refractivity contribution in [2.24, 2.45) is 0 Å². The number of carbonyl (C=O) groups is 1. The molecule has 1 aliphatic heterocycles. The van der Waals surface area contributed by atoms with Crippen LogP contribution in [0.3, 0.4) is 0 Å². The van der Waals surface area contributed by atoms with Crippen LogP contribution in [-0.2, 0) is 14.6 Å². The van der Waals surface area contributed by atoms with Crippen molar-refractivity contribution in [3.05, 3.63) is 24.3 Å². The van der Waals surface area contributed by atoms with Crippen LogP contribution in [0.25, 0.3) is 15.2 Å². The van der Waals surface area contributed by atoms with Gasteiger partial charge in [-0.3, -0.25) is 9.20 Å². The SMILES string of the molecule is CCCCN(C(=O)CSc1nnc2sc3ccccc3n12)C1CCS(=O)(=O)C1. The number of unbranched alkanes of at least 4 members (excludes halogenated alkanes) is 1. The molecule has 0 spiro atoms. The monoisotopic (exact) mass is 438 g/mol. The van der Waals surface area contributed by atoms with Crippen molar-refractivity contribution >= 4 is 54.0 Å². The Morgan fingerprint density at radius 3 is 2.93 bits per heavy atom. The first kappa shape index (κ1) is 19.7. The van der Waals surface area contributed by atoms with E-state index in [2.05, 4.69) is 17.1 Å². The lowest BCUT2D eigenvalue weighted by Crippen LogP contribution is -2.42. The number of sulfone groups is 1. The summed E-state index contributed by atoms with van der Waals surface area (Å²) in [6.07, 6.45) is 2.37. The normalized spacial score (nSPS) is 18.8. The van der Waals surface area contributed by atoms with E-state index in [0.717, 1.165) is 28.0 Å². The smallest absolute Gasteiger partial charge is 0.233 e. The van der Waals surface area contributed by atoms with Crippen molar-refractivity contribution in [1.82, 2.24) is 19.5 Å². The summed E-state index contributed by atoms with van der Waals surface area (Å²) < 4.78 is 26.8. The van der Waals surface area contributed by atoms with Crippen molar-refractivity contribution in [3.8, 4) is 0 Å². The number of benzene rings is 1. The molecule has 1 aliphatic rings. The average molecular weight is 439 g/mol. The van der Waals surface area contributed by atoms with Crippen LogP contribution >= 0.6 is 23.1 Å². The predicted molar refractivity (Wildman–Crippen MR) is 113 cm³/mol. The molecular formula is C18H22N4O3S3. The maximum atomic E-state index is 12.9. The number of nitrogens with zero attached hydrogens (tertiary/aromatic N) is 4. The topological polar surface area (TPSA) is 84.6 Å². The molecule has 0 aliphatic carbocycles. The number of rotatable bonds is 7. The molecule has 1 unspecified atom stereocenters. The third-order valence-electron chi connectivity index (χ3n) is 4.96. The van der Waals surface area contributed by atoms with E-state index in [0.29, 0.717) is 18.1 Å². The Kier molecular flexibility index (Phi) is 5.62. The zero-order chi connectivity index (χ0) is 19.7. The molecule has 0 N–H and O–H groups in total. The summed E-state index contributed by atoms with van der Waals surface area (Å²) in [6.45, 7) is 2.67. The zero-order valence-corrected chi connectivity index (χ0v) is 18.0. The number of thiazole rings is 1. The standard InChI is InChI=1S/C18H22N4O3S3/c1-2-3-9-21(13-8-10-28(24,25)12-13)16(23)11-26-17-19-20-18-22(17)14-6-4-5-7-15(14)27-18/h4-7,13H,2-3,8-12H2,1H3. The van der Waals surface area contributed by atoms with Crippen LogP contribution in [0.15, 0.2) is 29.4 Å². The second-order valence-electron chi connectivity index (χ2n) is 6.96. The summed E-state index contributed by atoms with van der Waals surface area (Å²) in [4.78, 5) is 15.5. The Hall–Kier alpha value is -1.65. The van der Waals surface area contributed by atoms with Crippen LogP contribution in [0.5, 0.6) is 0 Å². The number of thioether (sulfide) groups is 1. The Bertz CT molecular complexity index is 1110. The van der Waals surface area contributed by atoms with Crippen LogP contribution in [0, 0.1) is 0 Å². The van der Waals surface area contributed by atoms with Crippen LogP contribution in [0.4, 0.5) is 0 Å². The summed E-state index contributed by atoms with van der Waals surface area (Å²) >= 11 is 2.93. The van der Waals surface area contributed by atoms with E-state index in [-0.39, 0.29) is 29.2 Å². The van der Waals surface area contributed by atoms with Gasteiger partial charge in [-0.25, -0.2) is 8.42 Å². The molecular weight excluding hydrogens is 416 g/mol. The molecule has 1 aromatic carbocycles. The van der Waals surface area contributed by atoms with E-state index in [4.69, 9.17) is 0 Å². The maximum Gasteiger partial charge on any atom is 0.233 e. The van der Waals surface area contributed by atoms with Crippen molar-refractivity contribution in [2.45, 2.75) is 37.4 Å². The molecule has 1 saturated heterocycles. The van der Waals surface area contributed by atoms with E-state index in [1.165, 1.54) is 11.8 Å². The summed E-state index contributed by atoms with van der Waals surface area (Å²) in [5, 5.41) is 9.16. The summed E-state index contributed by atoms with van der Waals surface area (Å²) in [6, 6.07) is 7.82. The number of aromatic nitrogens is 3. The molecule has 0 saturated carbocycles. The Balaban J connectivity index is 1.51. The highest BCUT2D eigenvalue weighted by molar-refractivity contribution is 7.99. The number of amides is 1. The first-order valence-corrected chi connectivity index (χ1v) is 13.0. The molecule has 1 amide bonds. The average Bonchev–Trinajstić information content (AvgIpc) is 3.33. The van der Waals surface area contributed by atoms with Crippen molar-refractivity contribution < 1.29 is 13.2 Å². The van der Waals surface area contributed by atoms with E-state index in [1.807, 2.05) is 28.7 Å². The lowest BCUT2D eigenvalue weighted by Gasteiger charge is -2.28. The van der Waals surface area contributed by atoms with Gasteiger partial charge in [0.15, 0.2) is 15.0 Å². The van der Waals surface area contributed by atoms with Gasteiger partial charge in [-0.2, -0.15) is 0 Å². The fourth-order valence-corrected chi connectivity index (χ4v) is 7.10. The first-order valence-electron chi connectivity index (χ1n) is 9.34. The molecule has 1 atom stereocenters. The quantitative estimate of drug-likeness (QED) is 0.528. The number of hydrogen-bond donors (Lipinski definition) is 0. The lowest BCUT2D eigenvalue weighted by molar-refractivity contribution is -0.130. The molecule has 0 radical (unpaired) electrons. The van der Waals surface area contributed by atoms with Crippen molar-refractivity contribution in [3.63, 3.8) is 0 Å². The van der Waals surface area contributed by atoms with Gasteiger partial charge in [0.25, 0.3) is 0 Å². The molecule has 3 aromatic rings. The minimum absolute atomic E-state index is 0.0307. The second-order valence-corrected chi connectivity index (χ2v) is 11.1. The van der Waals surface area contributed by atoms with Crippen LogP contribution in [-0.4, -0.2) is 63.7 Å². The van der Waals surface area contributed by atoms with Gasteiger partial charge < -0.3 is 4.90 Å². The van der Waals surface area contributed by atoms with E-state index < -0.39 is 9.84 Å². The summed E-state index contributed by atoms with van der Waals surface area (Å²) in [5.74, 6) is 0.451. The molecule has 150 valence electrons. The van der Waals surface area contributed by atoms with Gasteiger partial charge in [-0.05, 0) is 25.0 Å². The number of fused-ring (bicyclic) bond motifs is 3. The van der Waals surface area contributed by atoms with Gasteiger partial charge in [-0.15, -0.1) is 10.2 Å². The van der Waals surface area contributed by atoms with Gasteiger partial charge in [0.2, 0.25) is 10.9 Å². The van der Waals surface area contributed by atoms with Gasteiger partial charge in [0, 0.05) is 12.6 Å². The fourth-order valence-electron chi connectivity index (χ4n) is 3.52. The Labute approximate surface area is 172 Å². The Morgan fingerprint density at radius 2 is 2.18 bits per heavy atom. The highest BCUT2D eigenvalue weighted by Crippen LogP contribution is 2.30. The van der Waals surface area contributed by atoms with E-state index >= 15 is 0 Å². The van der Waals surface area contributed by atoms with Gasteiger partial charge in [0.05, 0.1) is 27.5 Å². The van der Waals surface area contributed by atoms with Gasteiger partial charge >= 0.3 is 0 Å². The molecule has 10 heteroatoms. The Morgan fingerprint density at radius 1 is 1.36 bits per heavy atom.